The van der Waals surface area contributed by atoms with E-state index in [1.165, 1.54) is 11.1 Å². The lowest BCUT2D eigenvalue weighted by atomic mass is 9.91. The molecule has 0 aliphatic heterocycles. The summed E-state index contributed by atoms with van der Waals surface area (Å²) in [6.45, 7) is 2.08. The number of aliphatic hydroxyl groups excluding tert-OH is 1. The lowest BCUT2D eigenvalue weighted by molar-refractivity contribution is 0.146. The van der Waals surface area contributed by atoms with E-state index in [0.717, 1.165) is 29.9 Å². The molecule has 0 spiro atoms. The number of hydrogen-bond donors (Lipinski definition) is 1. The number of nitrogens with zero attached hydrogens (tertiary/aromatic N) is 1. The number of aromatic nitrogens is 1. The van der Waals surface area contributed by atoms with Crippen LogP contribution in [-0.2, 0) is 12.8 Å². The van der Waals surface area contributed by atoms with Crippen molar-refractivity contribution < 1.29 is 9.63 Å². The average Bonchev–Trinajstić information content (AvgIpc) is 2.72. The third-order valence-electron chi connectivity index (χ3n) is 3.42. The van der Waals surface area contributed by atoms with Crippen molar-refractivity contribution >= 4 is 0 Å². The van der Waals surface area contributed by atoms with Crippen LogP contribution in [0, 0.1) is 6.92 Å². The Labute approximate surface area is 100 Å². The van der Waals surface area contributed by atoms with E-state index in [9.17, 15) is 5.11 Å². The Balaban J connectivity index is 2.09. The predicted molar refractivity (Wildman–Crippen MR) is 64.7 cm³/mol. The summed E-state index contributed by atoms with van der Waals surface area (Å²) in [4.78, 5) is 0. The van der Waals surface area contributed by atoms with Crippen LogP contribution in [-0.4, -0.2) is 16.4 Å². The number of hydrogen-bond acceptors (Lipinski definition) is 3. The van der Waals surface area contributed by atoms with Crippen LogP contribution in [0.25, 0.3) is 11.3 Å². The molecule has 17 heavy (non-hydrogen) atoms. The summed E-state index contributed by atoms with van der Waals surface area (Å²) < 4.78 is 5.36. The second kappa shape index (κ2) is 4.00. The fourth-order valence-electron chi connectivity index (χ4n) is 2.44. The number of fused-ring (bicyclic) bond motifs is 1. The van der Waals surface area contributed by atoms with Gasteiger partial charge in [-0.3, -0.25) is 0 Å². The van der Waals surface area contributed by atoms with Crippen LogP contribution in [0.5, 0.6) is 0 Å². The molecule has 0 amide bonds. The summed E-state index contributed by atoms with van der Waals surface area (Å²) in [6, 6.07) is 8.18. The second-order valence-corrected chi connectivity index (χ2v) is 4.64. The van der Waals surface area contributed by atoms with E-state index in [2.05, 4.69) is 24.2 Å². The fraction of sp³-hybridized carbons (Fsp3) is 0.357. The molecule has 3 heteroatoms. The van der Waals surface area contributed by atoms with Crippen LogP contribution >= 0.6 is 0 Å². The largest absolute Gasteiger partial charge is 0.393 e. The van der Waals surface area contributed by atoms with Crippen molar-refractivity contribution in [2.75, 3.05) is 0 Å². The highest BCUT2D eigenvalue weighted by Crippen LogP contribution is 2.32. The van der Waals surface area contributed by atoms with Crippen LogP contribution in [0.2, 0.25) is 0 Å². The molecule has 1 aliphatic rings. The van der Waals surface area contributed by atoms with Gasteiger partial charge in [-0.25, -0.2) is 0 Å². The van der Waals surface area contributed by atoms with Crippen molar-refractivity contribution in [3.63, 3.8) is 0 Å². The standard InChI is InChI=1S/C14H15NO2/c1-9-4-2-3-5-11(9)14-12-7-6-10(16)8-13(12)17-15-14/h2-5,10,16H,6-8H2,1H3. The van der Waals surface area contributed by atoms with E-state index >= 15 is 0 Å². The zero-order valence-corrected chi connectivity index (χ0v) is 9.81. The maximum Gasteiger partial charge on any atom is 0.143 e. The normalized spacial score (nSPS) is 19.1. The van der Waals surface area contributed by atoms with Gasteiger partial charge >= 0.3 is 0 Å². The van der Waals surface area contributed by atoms with Crippen molar-refractivity contribution in [1.82, 2.24) is 5.16 Å². The van der Waals surface area contributed by atoms with Crippen LogP contribution in [0.1, 0.15) is 23.3 Å². The van der Waals surface area contributed by atoms with Crippen molar-refractivity contribution in [1.29, 1.82) is 0 Å². The van der Waals surface area contributed by atoms with Gasteiger partial charge in [-0.1, -0.05) is 29.4 Å². The maximum atomic E-state index is 9.60. The van der Waals surface area contributed by atoms with Crippen LogP contribution < -0.4 is 0 Å². The molecule has 1 aliphatic carbocycles. The Morgan fingerprint density at radius 1 is 1.35 bits per heavy atom. The molecular formula is C14H15NO2. The highest BCUT2D eigenvalue weighted by atomic mass is 16.5. The van der Waals surface area contributed by atoms with Crippen molar-refractivity contribution in [3.05, 3.63) is 41.2 Å². The van der Waals surface area contributed by atoms with Gasteiger partial charge in [0.15, 0.2) is 0 Å². The van der Waals surface area contributed by atoms with E-state index in [-0.39, 0.29) is 6.10 Å². The summed E-state index contributed by atoms with van der Waals surface area (Å²) in [5.41, 5.74) is 4.46. The minimum Gasteiger partial charge on any atom is -0.393 e. The SMILES string of the molecule is Cc1ccccc1-c1noc2c1CCC(O)C2. The van der Waals surface area contributed by atoms with Gasteiger partial charge in [-0.15, -0.1) is 0 Å². The van der Waals surface area contributed by atoms with Gasteiger partial charge < -0.3 is 9.63 Å². The minimum atomic E-state index is -0.278. The first-order chi connectivity index (χ1) is 8.25. The molecule has 0 radical (unpaired) electrons. The van der Waals surface area contributed by atoms with E-state index in [1.54, 1.807) is 0 Å². The molecule has 1 atom stereocenters. The van der Waals surface area contributed by atoms with Crippen molar-refractivity contribution in [2.45, 2.75) is 32.3 Å². The lowest BCUT2D eigenvalue weighted by Gasteiger charge is -2.15. The summed E-state index contributed by atoms with van der Waals surface area (Å²) in [7, 11) is 0. The zero-order chi connectivity index (χ0) is 11.8. The molecule has 1 aromatic heterocycles. The zero-order valence-electron chi connectivity index (χ0n) is 9.81. The first-order valence-electron chi connectivity index (χ1n) is 5.97. The number of aryl methyl sites for hydroxylation is 1. The Bertz CT molecular complexity index is 545. The summed E-state index contributed by atoms with van der Waals surface area (Å²) in [5, 5.41) is 13.8. The first kappa shape index (κ1) is 10.5. The van der Waals surface area contributed by atoms with Gasteiger partial charge in [0, 0.05) is 17.5 Å². The van der Waals surface area contributed by atoms with Crippen LogP contribution in [0.4, 0.5) is 0 Å². The third-order valence-corrected chi connectivity index (χ3v) is 3.42. The topological polar surface area (TPSA) is 46.3 Å². The monoisotopic (exact) mass is 229 g/mol. The average molecular weight is 229 g/mol. The quantitative estimate of drug-likeness (QED) is 0.817. The Hall–Kier alpha value is -1.61. The molecule has 3 nitrogen and oxygen atoms in total. The lowest BCUT2D eigenvalue weighted by Crippen LogP contribution is -2.17. The summed E-state index contributed by atoms with van der Waals surface area (Å²) in [5.74, 6) is 0.849. The molecule has 1 N–H and O–H groups in total. The molecule has 88 valence electrons. The number of aliphatic hydroxyl groups is 1. The highest BCUT2D eigenvalue weighted by molar-refractivity contribution is 5.67. The molecule has 2 aromatic rings. The Morgan fingerprint density at radius 3 is 3.00 bits per heavy atom. The van der Waals surface area contributed by atoms with Crippen molar-refractivity contribution in [3.8, 4) is 11.3 Å². The first-order valence-corrected chi connectivity index (χ1v) is 5.97. The molecule has 0 fully saturated rings. The maximum absolute atomic E-state index is 9.60. The van der Waals surface area contributed by atoms with Gasteiger partial charge in [0.25, 0.3) is 0 Å². The molecule has 1 heterocycles. The molecule has 0 saturated carbocycles. The predicted octanol–water partition coefficient (Wildman–Crippen LogP) is 2.50. The smallest absolute Gasteiger partial charge is 0.143 e. The highest BCUT2D eigenvalue weighted by Gasteiger charge is 2.25. The molecular weight excluding hydrogens is 214 g/mol. The summed E-state index contributed by atoms with van der Waals surface area (Å²) >= 11 is 0. The van der Waals surface area contributed by atoms with Gasteiger partial charge in [-0.05, 0) is 25.3 Å². The molecule has 0 bridgehead atoms. The van der Waals surface area contributed by atoms with Gasteiger partial charge in [0.1, 0.15) is 11.5 Å². The van der Waals surface area contributed by atoms with E-state index in [0.29, 0.717) is 6.42 Å². The molecule has 3 rings (SSSR count). The van der Waals surface area contributed by atoms with Crippen LogP contribution in [0.3, 0.4) is 0 Å². The van der Waals surface area contributed by atoms with E-state index in [1.807, 2.05) is 12.1 Å². The van der Waals surface area contributed by atoms with Crippen LogP contribution in [0.15, 0.2) is 28.8 Å². The van der Waals surface area contributed by atoms with E-state index < -0.39 is 0 Å². The Morgan fingerprint density at radius 2 is 2.18 bits per heavy atom. The third kappa shape index (κ3) is 1.76. The molecule has 0 saturated heterocycles. The fourth-order valence-corrected chi connectivity index (χ4v) is 2.44. The Kier molecular flexibility index (Phi) is 2.48. The molecule has 1 unspecified atom stereocenters. The molecule has 1 aromatic carbocycles. The van der Waals surface area contributed by atoms with Gasteiger partial charge in [-0.2, -0.15) is 0 Å². The van der Waals surface area contributed by atoms with Gasteiger partial charge in [0.2, 0.25) is 0 Å². The summed E-state index contributed by atoms with van der Waals surface area (Å²) in [6.07, 6.45) is 1.96. The number of benzene rings is 1. The van der Waals surface area contributed by atoms with Gasteiger partial charge in [0.05, 0.1) is 6.10 Å². The van der Waals surface area contributed by atoms with E-state index in [4.69, 9.17) is 4.52 Å². The minimum absolute atomic E-state index is 0.278. The second-order valence-electron chi connectivity index (χ2n) is 4.64. The number of rotatable bonds is 1. The van der Waals surface area contributed by atoms with Crippen molar-refractivity contribution in [2.24, 2.45) is 0 Å².